The number of pyridine rings is 1. The molecule has 20 heavy (non-hydrogen) atoms. The molecule has 0 aliphatic heterocycles. The average Bonchev–Trinajstić information content (AvgIpc) is 2.95. The summed E-state index contributed by atoms with van der Waals surface area (Å²) in [6, 6.07) is 14.5. The Hall–Kier alpha value is -2.20. The minimum Gasteiger partial charge on any atom is -0.378 e. The number of nitrogens with zero attached hydrogens (tertiary/aromatic N) is 1. The number of hydrogen-bond acceptors (Lipinski definition) is 3. The standard InChI is InChI=1S/C16H13FN2S/c17-13-6-4-12(5-7-13)16-15(8-10-20-16)19-11-14-3-1-2-9-18-14/h1-10,19H,11H2. The topological polar surface area (TPSA) is 24.9 Å². The normalized spacial score (nSPS) is 10.4. The summed E-state index contributed by atoms with van der Waals surface area (Å²) in [5.41, 5.74) is 3.06. The Balaban J connectivity index is 1.78. The monoisotopic (exact) mass is 284 g/mol. The van der Waals surface area contributed by atoms with Crippen LogP contribution in [0.1, 0.15) is 5.69 Å². The molecule has 3 aromatic rings. The van der Waals surface area contributed by atoms with Crippen molar-refractivity contribution in [2.75, 3.05) is 5.32 Å². The third kappa shape index (κ3) is 2.86. The van der Waals surface area contributed by atoms with E-state index in [4.69, 9.17) is 0 Å². The molecule has 0 saturated carbocycles. The van der Waals surface area contributed by atoms with Gasteiger partial charge in [0.1, 0.15) is 5.82 Å². The number of halogens is 1. The van der Waals surface area contributed by atoms with Crippen molar-refractivity contribution in [1.82, 2.24) is 4.98 Å². The molecule has 2 nitrogen and oxygen atoms in total. The zero-order valence-electron chi connectivity index (χ0n) is 10.7. The Morgan fingerprint density at radius 2 is 1.90 bits per heavy atom. The van der Waals surface area contributed by atoms with Crippen molar-refractivity contribution in [3.63, 3.8) is 0 Å². The molecule has 0 amide bonds. The smallest absolute Gasteiger partial charge is 0.123 e. The van der Waals surface area contributed by atoms with E-state index in [1.807, 2.05) is 29.6 Å². The first-order valence-corrected chi connectivity index (χ1v) is 7.18. The molecule has 4 heteroatoms. The molecule has 0 atom stereocenters. The molecule has 100 valence electrons. The highest BCUT2D eigenvalue weighted by atomic mass is 32.1. The fourth-order valence-corrected chi connectivity index (χ4v) is 2.84. The van der Waals surface area contributed by atoms with Crippen LogP contribution in [0, 0.1) is 5.82 Å². The van der Waals surface area contributed by atoms with Crippen LogP contribution >= 0.6 is 11.3 Å². The van der Waals surface area contributed by atoms with E-state index < -0.39 is 0 Å². The van der Waals surface area contributed by atoms with Crippen molar-refractivity contribution >= 4 is 17.0 Å². The Bertz CT molecular complexity index is 677. The molecule has 2 heterocycles. The van der Waals surface area contributed by atoms with Gasteiger partial charge in [-0.15, -0.1) is 11.3 Å². The molecular formula is C16H13FN2S. The van der Waals surface area contributed by atoms with Crippen molar-refractivity contribution in [3.05, 3.63) is 71.6 Å². The maximum absolute atomic E-state index is 13.0. The van der Waals surface area contributed by atoms with Gasteiger partial charge in [0.25, 0.3) is 0 Å². The molecule has 2 aromatic heterocycles. The second-order valence-corrected chi connectivity index (χ2v) is 5.26. The molecule has 0 spiro atoms. The summed E-state index contributed by atoms with van der Waals surface area (Å²) < 4.78 is 13.0. The highest BCUT2D eigenvalue weighted by Crippen LogP contribution is 2.33. The lowest BCUT2D eigenvalue weighted by atomic mass is 10.1. The quantitative estimate of drug-likeness (QED) is 0.759. The maximum atomic E-state index is 13.0. The number of rotatable bonds is 4. The van der Waals surface area contributed by atoms with Crippen LogP contribution in [-0.4, -0.2) is 4.98 Å². The minimum atomic E-state index is -0.215. The molecule has 0 unspecified atom stereocenters. The Labute approximate surface area is 120 Å². The summed E-state index contributed by atoms with van der Waals surface area (Å²) in [5, 5.41) is 5.40. The molecule has 0 radical (unpaired) electrons. The number of aromatic nitrogens is 1. The number of thiophene rings is 1. The number of anilines is 1. The fourth-order valence-electron chi connectivity index (χ4n) is 1.96. The van der Waals surface area contributed by atoms with E-state index >= 15 is 0 Å². The van der Waals surface area contributed by atoms with E-state index in [0.29, 0.717) is 6.54 Å². The van der Waals surface area contributed by atoms with Crippen LogP contribution in [-0.2, 0) is 6.54 Å². The van der Waals surface area contributed by atoms with Gasteiger partial charge in [-0.1, -0.05) is 18.2 Å². The summed E-state index contributed by atoms with van der Waals surface area (Å²) in [4.78, 5) is 5.40. The minimum absolute atomic E-state index is 0.215. The molecular weight excluding hydrogens is 271 g/mol. The summed E-state index contributed by atoms with van der Waals surface area (Å²) in [6.45, 7) is 0.672. The summed E-state index contributed by atoms with van der Waals surface area (Å²) in [7, 11) is 0. The third-order valence-corrected chi connectivity index (χ3v) is 3.92. The number of benzene rings is 1. The van der Waals surface area contributed by atoms with Gasteiger partial charge in [-0.2, -0.15) is 0 Å². The SMILES string of the molecule is Fc1ccc(-c2sccc2NCc2ccccn2)cc1. The first kappa shape index (κ1) is 12.8. The van der Waals surface area contributed by atoms with Crippen LogP contribution in [0.25, 0.3) is 10.4 Å². The first-order chi connectivity index (χ1) is 9.83. The second kappa shape index (κ2) is 5.84. The van der Waals surface area contributed by atoms with Crippen LogP contribution in [0.2, 0.25) is 0 Å². The van der Waals surface area contributed by atoms with Gasteiger partial charge in [0.05, 0.1) is 22.8 Å². The fraction of sp³-hybridized carbons (Fsp3) is 0.0625. The molecule has 0 fully saturated rings. The highest BCUT2D eigenvalue weighted by molar-refractivity contribution is 7.14. The lowest BCUT2D eigenvalue weighted by Crippen LogP contribution is -2.00. The van der Waals surface area contributed by atoms with E-state index in [1.54, 1.807) is 29.7 Å². The van der Waals surface area contributed by atoms with Gasteiger partial charge < -0.3 is 5.32 Å². The van der Waals surface area contributed by atoms with Crippen molar-refractivity contribution in [3.8, 4) is 10.4 Å². The third-order valence-electron chi connectivity index (χ3n) is 2.96. The Morgan fingerprint density at radius 3 is 2.65 bits per heavy atom. The zero-order valence-corrected chi connectivity index (χ0v) is 11.5. The lowest BCUT2D eigenvalue weighted by molar-refractivity contribution is 0.628. The number of nitrogens with one attached hydrogen (secondary N) is 1. The van der Waals surface area contributed by atoms with Crippen LogP contribution in [0.5, 0.6) is 0 Å². The van der Waals surface area contributed by atoms with E-state index in [0.717, 1.165) is 21.8 Å². The van der Waals surface area contributed by atoms with Gasteiger partial charge in [0.15, 0.2) is 0 Å². The van der Waals surface area contributed by atoms with Crippen LogP contribution in [0.3, 0.4) is 0 Å². The van der Waals surface area contributed by atoms with Crippen LogP contribution < -0.4 is 5.32 Å². The van der Waals surface area contributed by atoms with Gasteiger partial charge in [-0.05, 0) is 41.3 Å². The van der Waals surface area contributed by atoms with Gasteiger partial charge in [-0.3, -0.25) is 4.98 Å². The zero-order chi connectivity index (χ0) is 13.8. The lowest BCUT2D eigenvalue weighted by Gasteiger charge is -2.07. The Morgan fingerprint density at radius 1 is 1.05 bits per heavy atom. The molecule has 0 saturated heterocycles. The summed E-state index contributed by atoms with van der Waals surface area (Å²) in [5.74, 6) is -0.215. The second-order valence-electron chi connectivity index (χ2n) is 4.34. The van der Waals surface area contributed by atoms with Gasteiger partial charge in [0, 0.05) is 6.20 Å². The predicted molar refractivity (Wildman–Crippen MR) is 81.3 cm³/mol. The molecule has 0 bridgehead atoms. The molecule has 0 aliphatic rings. The van der Waals surface area contributed by atoms with Crippen molar-refractivity contribution in [2.24, 2.45) is 0 Å². The van der Waals surface area contributed by atoms with E-state index in [2.05, 4.69) is 10.3 Å². The maximum Gasteiger partial charge on any atom is 0.123 e. The van der Waals surface area contributed by atoms with Crippen molar-refractivity contribution < 1.29 is 4.39 Å². The van der Waals surface area contributed by atoms with E-state index in [9.17, 15) is 4.39 Å². The van der Waals surface area contributed by atoms with Gasteiger partial charge in [-0.25, -0.2) is 4.39 Å². The largest absolute Gasteiger partial charge is 0.378 e. The van der Waals surface area contributed by atoms with E-state index in [-0.39, 0.29) is 5.82 Å². The highest BCUT2D eigenvalue weighted by Gasteiger charge is 2.07. The molecule has 0 aliphatic carbocycles. The Kier molecular flexibility index (Phi) is 3.74. The first-order valence-electron chi connectivity index (χ1n) is 6.30. The molecule has 3 rings (SSSR count). The van der Waals surface area contributed by atoms with Gasteiger partial charge >= 0.3 is 0 Å². The molecule has 1 aromatic carbocycles. The van der Waals surface area contributed by atoms with E-state index in [1.165, 1.54) is 12.1 Å². The van der Waals surface area contributed by atoms with Crippen LogP contribution in [0.4, 0.5) is 10.1 Å². The summed E-state index contributed by atoms with van der Waals surface area (Å²) in [6.07, 6.45) is 1.78. The average molecular weight is 284 g/mol. The predicted octanol–water partition coefficient (Wildman–Crippen LogP) is 4.56. The van der Waals surface area contributed by atoms with Crippen molar-refractivity contribution in [2.45, 2.75) is 6.54 Å². The summed E-state index contributed by atoms with van der Waals surface area (Å²) >= 11 is 1.64. The van der Waals surface area contributed by atoms with Gasteiger partial charge in [0.2, 0.25) is 0 Å². The molecule has 1 N–H and O–H groups in total. The van der Waals surface area contributed by atoms with Crippen LogP contribution in [0.15, 0.2) is 60.1 Å². The van der Waals surface area contributed by atoms with Crippen molar-refractivity contribution in [1.29, 1.82) is 0 Å². The number of hydrogen-bond donors (Lipinski definition) is 1.